The minimum absolute atomic E-state index is 0.0977. The highest BCUT2D eigenvalue weighted by atomic mass is 16.5. The highest BCUT2D eigenvalue weighted by molar-refractivity contribution is 6.10. The SMILES string of the molecule is COC1=CC=CC(=CC=C2N(C)c3ccc(OC)cc3C2(C)C)C1=O. The van der Waals surface area contributed by atoms with Crippen molar-refractivity contribution in [1.82, 2.24) is 0 Å². The number of Topliss-reactive ketones (excluding diaryl/α,β-unsaturated/α-hetero) is 1. The summed E-state index contributed by atoms with van der Waals surface area (Å²) in [5.41, 5.74) is 3.92. The number of carbonyl (C=O) groups is 1. The summed E-state index contributed by atoms with van der Waals surface area (Å²) < 4.78 is 10.5. The first-order chi connectivity index (χ1) is 11.9. The zero-order chi connectivity index (χ0) is 18.2. The average Bonchev–Trinajstić information content (AvgIpc) is 2.80. The fourth-order valence-corrected chi connectivity index (χ4v) is 3.44. The molecule has 0 unspecified atom stereocenters. The summed E-state index contributed by atoms with van der Waals surface area (Å²) in [7, 11) is 5.23. The van der Waals surface area contributed by atoms with Crippen LogP contribution in [0.1, 0.15) is 19.4 Å². The van der Waals surface area contributed by atoms with Crippen LogP contribution in [0, 0.1) is 0 Å². The number of carbonyl (C=O) groups excluding carboxylic acids is 1. The molecule has 1 aromatic carbocycles. The van der Waals surface area contributed by atoms with Crippen molar-refractivity contribution in [2.75, 3.05) is 26.2 Å². The van der Waals surface area contributed by atoms with E-state index >= 15 is 0 Å². The van der Waals surface area contributed by atoms with E-state index in [0.717, 1.165) is 17.1 Å². The van der Waals surface area contributed by atoms with Crippen molar-refractivity contribution in [1.29, 1.82) is 0 Å². The van der Waals surface area contributed by atoms with E-state index in [1.54, 1.807) is 19.3 Å². The lowest BCUT2D eigenvalue weighted by atomic mass is 9.83. The maximum atomic E-state index is 12.3. The Balaban J connectivity index is 2.00. The van der Waals surface area contributed by atoms with Crippen LogP contribution in [0.4, 0.5) is 5.69 Å². The predicted octanol–water partition coefficient (Wildman–Crippen LogP) is 3.90. The molecule has 0 atom stereocenters. The first kappa shape index (κ1) is 17.1. The molecule has 0 bridgehead atoms. The maximum absolute atomic E-state index is 12.3. The number of nitrogens with zero attached hydrogens (tertiary/aromatic N) is 1. The highest BCUT2D eigenvalue weighted by Gasteiger charge is 2.38. The van der Waals surface area contributed by atoms with E-state index in [4.69, 9.17) is 9.47 Å². The summed E-state index contributed by atoms with van der Waals surface area (Å²) in [6.45, 7) is 4.36. The lowest BCUT2D eigenvalue weighted by Crippen LogP contribution is -2.22. The number of ether oxygens (including phenoxy) is 2. The number of benzene rings is 1. The summed E-state index contributed by atoms with van der Waals surface area (Å²) in [6.07, 6.45) is 9.19. The fourth-order valence-electron chi connectivity index (χ4n) is 3.44. The third-order valence-electron chi connectivity index (χ3n) is 4.89. The lowest BCUT2D eigenvalue weighted by Gasteiger charge is -2.24. The number of fused-ring (bicyclic) bond motifs is 1. The van der Waals surface area contributed by atoms with Gasteiger partial charge in [-0.3, -0.25) is 4.79 Å². The Bertz CT molecular complexity index is 841. The number of rotatable bonds is 3. The molecule has 0 saturated carbocycles. The second-order valence-electron chi connectivity index (χ2n) is 6.66. The van der Waals surface area contributed by atoms with E-state index in [-0.39, 0.29) is 11.2 Å². The first-order valence-electron chi connectivity index (χ1n) is 8.22. The van der Waals surface area contributed by atoms with Gasteiger partial charge >= 0.3 is 0 Å². The van der Waals surface area contributed by atoms with Gasteiger partial charge in [0.15, 0.2) is 5.76 Å². The van der Waals surface area contributed by atoms with Crippen molar-refractivity contribution >= 4 is 11.5 Å². The number of methoxy groups -OCH3 is 2. The van der Waals surface area contributed by atoms with Crippen LogP contribution >= 0.6 is 0 Å². The van der Waals surface area contributed by atoms with Crippen molar-refractivity contribution in [2.24, 2.45) is 0 Å². The topological polar surface area (TPSA) is 38.8 Å². The Morgan fingerprint density at radius 3 is 2.56 bits per heavy atom. The molecule has 4 nitrogen and oxygen atoms in total. The van der Waals surface area contributed by atoms with Crippen LogP contribution in [-0.4, -0.2) is 27.1 Å². The monoisotopic (exact) mass is 337 g/mol. The van der Waals surface area contributed by atoms with Crippen LogP contribution in [0.5, 0.6) is 5.75 Å². The van der Waals surface area contributed by atoms with Crippen LogP contribution in [0.25, 0.3) is 0 Å². The normalized spacial score (nSPS) is 21.6. The minimum Gasteiger partial charge on any atom is -0.497 e. The highest BCUT2D eigenvalue weighted by Crippen LogP contribution is 2.48. The van der Waals surface area contributed by atoms with E-state index in [1.807, 2.05) is 31.3 Å². The Morgan fingerprint density at radius 1 is 1.12 bits per heavy atom. The van der Waals surface area contributed by atoms with Crippen molar-refractivity contribution in [3.8, 4) is 5.75 Å². The van der Waals surface area contributed by atoms with Gasteiger partial charge in [-0.15, -0.1) is 0 Å². The zero-order valence-corrected chi connectivity index (χ0v) is 15.3. The molecule has 1 aliphatic carbocycles. The van der Waals surface area contributed by atoms with Gasteiger partial charge in [-0.05, 0) is 42.0 Å². The van der Waals surface area contributed by atoms with Gasteiger partial charge in [0.25, 0.3) is 0 Å². The molecule has 0 spiro atoms. The molecule has 1 heterocycles. The molecule has 4 heteroatoms. The van der Waals surface area contributed by atoms with Gasteiger partial charge in [-0.2, -0.15) is 0 Å². The van der Waals surface area contributed by atoms with Gasteiger partial charge < -0.3 is 14.4 Å². The van der Waals surface area contributed by atoms with Gasteiger partial charge in [0.2, 0.25) is 5.78 Å². The van der Waals surface area contributed by atoms with Gasteiger partial charge in [-0.25, -0.2) is 0 Å². The maximum Gasteiger partial charge on any atom is 0.227 e. The summed E-state index contributed by atoms with van der Waals surface area (Å²) in [5, 5.41) is 0. The molecule has 0 radical (unpaired) electrons. The number of likely N-dealkylation sites (N-methyl/N-ethyl adjacent to an activating group) is 1. The van der Waals surface area contributed by atoms with Crippen LogP contribution < -0.4 is 9.64 Å². The van der Waals surface area contributed by atoms with Gasteiger partial charge in [0.05, 0.1) is 14.2 Å². The molecule has 0 aromatic heterocycles. The molecule has 1 aliphatic heterocycles. The molecular formula is C21H23NO3. The molecule has 25 heavy (non-hydrogen) atoms. The van der Waals surface area contributed by atoms with Crippen LogP contribution in [0.3, 0.4) is 0 Å². The number of ketones is 1. The Hall–Kier alpha value is -2.75. The molecule has 1 aromatic rings. The fraction of sp³-hybridized carbons (Fsp3) is 0.286. The Labute approximate surface area is 148 Å². The van der Waals surface area contributed by atoms with Crippen LogP contribution in [0.15, 0.2) is 65.6 Å². The first-order valence-corrected chi connectivity index (χ1v) is 8.22. The van der Waals surface area contributed by atoms with Gasteiger partial charge in [0.1, 0.15) is 5.75 Å². The lowest BCUT2D eigenvalue weighted by molar-refractivity contribution is -0.114. The number of hydrogen-bond donors (Lipinski definition) is 0. The molecule has 0 fully saturated rings. The second-order valence-corrected chi connectivity index (χ2v) is 6.66. The third kappa shape index (κ3) is 2.78. The molecule has 130 valence electrons. The van der Waals surface area contributed by atoms with E-state index < -0.39 is 0 Å². The van der Waals surface area contributed by atoms with Crippen LogP contribution in [-0.2, 0) is 14.9 Å². The molecule has 2 aliphatic rings. The number of allylic oxidation sites excluding steroid dienone is 7. The summed E-state index contributed by atoms with van der Waals surface area (Å²) in [6, 6.07) is 6.12. The van der Waals surface area contributed by atoms with E-state index in [2.05, 4.69) is 30.9 Å². The van der Waals surface area contributed by atoms with Gasteiger partial charge in [0, 0.05) is 29.4 Å². The average molecular weight is 337 g/mol. The predicted molar refractivity (Wildman–Crippen MR) is 99.8 cm³/mol. The number of hydrogen-bond acceptors (Lipinski definition) is 4. The summed E-state index contributed by atoms with van der Waals surface area (Å²) >= 11 is 0. The van der Waals surface area contributed by atoms with Crippen molar-refractivity contribution in [3.05, 3.63) is 71.2 Å². The Morgan fingerprint density at radius 2 is 1.88 bits per heavy atom. The molecule has 0 N–H and O–H groups in total. The third-order valence-corrected chi connectivity index (χ3v) is 4.89. The Kier molecular flexibility index (Phi) is 4.29. The van der Waals surface area contributed by atoms with Gasteiger partial charge in [-0.1, -0.05) is 26.0 Å². The molecular weight excluding hydrogens is 314 g/mol. The minimum atomic E-state index is -0.183. The van der Waals surface area contributed by atoms with Crippen LogP contribution in [0.2, 0.25) is 0 Å². The van der Waals surface area contributed by atoms with Crippen molar-refractivity contribution in [2.45, 2.75) is 19.3 Å². The largest absolute Gasteiger partial charge is 0.497 e. The molecule has 3 rings (SSSR count). The smallest absolute Gasteiger partial charge is 0.227 e. The number of anilines is 1. The second kappa shape index (κ2) is 6.28. The van der Waals surface area contributed by atoms with E-state index in [9.17, 15) is 4.79 Å². The van der Waals surface area contributed by atoms with E-state index in [0.29, 0.717) is 11.3 Å². The van der Waals surface area contributed by atoms with E-state index in [1.165, 1.54) is 12.7 Å². The molecule has 0 amide bonds. The quantitative estimate of drug-likeness (QED) is 0.784. The summed E-state index contributed by atoms with van der Waals surface area (Å²) in [4.78, 5) is 14.5. The molecule has 0 saturated heterocycles. The standard InChI is InChI=1S/C21H23NO3/c1-21(2)16-13-15(24-4)10-11-17(16)22(3)19(21)12-9-14-7-6-8-18(25-5)20(14)23/h6-13H,1-5H3. The zero-order valence-electron chi connectivity index (χ0n) is 15.3. The summed E-state index contributed by atoms with van der Waals surface area (Å²) in [5.74, 6) is 1.11. The van der Waals surface area contributed by atoms with Crippen molar-refractivity contribution < 1.29 is 14.3 Å². The van der Waals surface area contributed by atoms with Crippen molar-refractivity contribution in [3.63, 3.8) is 0 Å².